The zero-order valence-electron chi connectivity index (χ0n) is 23.1. The minimum absolute atomic E-state index is 0.0641. The van der Waals surface area contributed by atoms with Gasteiger partial charge in [-0.15, -0.1) is 0 Å². The molecule has 0 spiro atoms. The van der Waals surface area contributed by atoms with E-state index >= 15 is 0 Å². The number of nitrogen functional groups attached to an aromatic ring is 1. The van der Waals surface area contributed by atoms with E-state index < -0.39 is 30.1 Å². The van der Waals surface area contributed by atoms with Crippen LogP contribution in [0.5, 0.6) is 11.5 Å². The zero-order chi connectivity index (χ0) is 29.3. The number of benzene rings is 3. The first-order chi connectivity index (χ1) is 20.5. The van der Waals surface area contributed by atoms with E-state index in [0.29, 0.717) is 22.7 Å². The Labute approximate surface area is 242 Å². The monoisotopic (exact) mass is 569 g/mol. The molecule has 6 rings (SSSR count). The number of aliphatic hydroxyl groups excluding tert-OH is 2. The molecule has 0 aliphatic carbocycles. The highest BCUT2D eigenvalue weighted by Crippen LogP contribution is 2.43. The van der Waals surface area contributed by atoms with Crippen molar-refractivity contribution in [3.8, 4) is 11.5 Å². The summed E-state index contributed by atoms with van der Waals surface area (Å²) in [5.74, 6) is 1.61. The lowest BCUT2D eigenvalue weighted by Gasteiger charge is -2.37. The van der Waals surface area contributed by atoms with E-state index in [-0.39, 0.29) is 12.4 Å². The molecule has 0 radical (unpaired) electrons. The van der Waals surface area contributed by atoms with Crippen LogP contribution in [0.1, 0.15) is 22.9 Å². The van der Waals surface area contributed by atoms with Gasteiger partial charge in [0, 0.05) is 0 Å². The fourth-order valence-electron chi connectivity index (χ4n) is 5.43. The molecule has 1 aliphatic rings. The van der Waals surface area contributed by atoms with Gasteiger partial charge in [0.1, 0.15) is 47.3 Å². The number of ether oxygens (including phenoxy) is 4. The Hall–Kier alpha value is -4.55. The summed E-state index contributed by atoms with van der Waals surface area (Å²) in [5.41, 5.74) is 8.11. The molecule has 1 fully saturated rings. The Kier molecular flexibility index (Phi) is 7.48. The van der Waals surface area contributed by atoms with Crippen molar-refractivity contribution in [1.82, 2.24) is 19.5 Å². The van der Waals surface area contributed by atoms with Gasteiger partial charge in [0.05, 0.1) is 27.2 Å². The normalized spacial score (nSPS) is 20.6. The van der Waals surface area contributed by atoms with Crippen LogP contribution in [-0.4, -0.2) is 68.9 Å². The van der Waals surface area contributed by atoms with Gasteiger partial charge in [0.2, 0.25) is 0 Å². The van der Waals surface area contributed by atoms with Crippen molar-refractivity contribution in [2.45, 2.75) is 30.1 Å². The van der Waals surface area contributed by atoms with Crippen LogP contribution < -0.4 is 15.2 Å². The number of fused-ring (bicyclic) bond motifs is 1. The van der Waals surface area contributed by atoms with E-state index in [4.69, 9.17) is 24.7 Å². The summed E-state index contributed by atoms with van der Waals surface area (Å²) in [5, 5.41) is 22.2. The summed E-state index contributed by atoms with van der Waals surface area (Å²) >= 11 is 0. The van der Waals surface area contributed by atoms with Gasteiger partial charge >= 0.3 is 0 Å². The lowest BCUT2D eigenvalue weighted by molar-refractivity contribution is -0.0942. The number of methoxy groups -OCH3 is 2. The Bertz CT molecular complexity index is 1600. The smallest absolute Gasteiger partial charge is 0.167 e. The van der Waals surface area contributed by atoms with Crippen LogP contribution in [0.3, 0.4) is 0 Å². The third-order valence-corrected chi connectivity index (χ3v) is 7.64. The van der Waals surface area contributed by atoms with Gasteiger partial charge in [-0.05, 0) is 41.0 Å². The van der Waals surface area contributed by atoms with E-state index in [0.717, 1.165) is 16.7 Å². The molecule has 4 N–H and O–H groups in total. The number of anilines is 1. The summed E-state index contributed by atoms with van der Waals surface area (Å²) in [6, 6.07) is 25.1. The molecule has 42 heavy (non-hydrogen) atoms. The van der Waals surface area contributed by atoms with Crippen molar-refractivity contribution in [2.75, 3.05) is 26.6 Å². The maximum Gasteiger partial charge on any atom is 0.167 e. The van der Waals surface area contributed by atoms with Crippen LogP contribution >= 0.6 is 0 Å². The molecule has 0 amide bonds. The predicted octanol–water partition coefficient (Wildman–Crippen LogP) is 3.05. The molecule has 2 aromatic heterocycles. The predicted molar refractivity (Wildman–Crippen MR) is 154 cm³/mol. The second-order valence-corrected chi connectivity index (χ2v) is 9.94. The van der Waals surface area contributed by atoms with Crippen molar-refractivity contribution >= 4 is 17.0 Å². The molecule has 0 bridgehead atoms. The lowest BCUT2D eigenvalue weighted by atomic mass is 9.80. The summed E-state index contributed by atoms with van der Waals surface area (Å²) in [6.07, 6.45) is -1.62. The van der Waals surface area contributed by atoms with Crippen molar-refractivity contribution in [1.29, 1.82) is 0 Å². The van der Waals surface area contributed by atoms with Gasteiger partial charge in [0.15, 0.2) is 17.7 Å². The molecule has 11 heteroatoms. The maximum absolute atomic E-state index is 11.1. The van der Waals surface area contributed by atoms with Gasteiger partial charge < -0.3 is 34.9 Å². The number of nitrogens with two attached hydrogens (primary N) is 1. The minimum Gasteiger partial charge on any atom is -0.497 e. The van der Waals surface area contributed by atoms with Gasteiger partial charge in [-0.3, -0.25) is 4.57 Å². The quantitative estimate of drug-likeness (QED) is 0.226. The maximum atomic E-state index is 11.1. The number of rotatable bonds is 9. The van der Waals surface area contributed by atoms with Crippen molar-refractivity contribution in [2.24, 2.45) is 0 Å². The first-order valence-corrected chi connectivity index (χ1v) is 13.4. The topological polar surface area (TPSA) is 147 Å². The highest BCUT2D eigenvalue weighted by atomic mass is 16.6. The Morgan fingerprint density at radius 1 is 0.810 bits per heavy atom. The lowest BCUT2D eigenvalue weighted by Crippen LogP contribution is -2.39. The number of hydrogen-bond acceptors (Lipinski definition) is 10. The third kappa shape index (κ3) is 4.72. The zero-order valence-corrected chi connectivity index (χ0v) is 23.1. The largest absolute Gasteiger partial charge is 0.497 e. The van der Waals surface area contributed by atoms with Gasteiger partial charge in [0.25, 0.3) is 0 Å². The Balaban J connectivity index is 1.39. The summed E-state index contributed by atoms with van der Waals surface area (Å²) in [6.45, 7) is -0.0641. The van der Waals surface area contributed by atoms with Gasteiger partial charge in [-0.1, -0.05) is 54.6 Å². The first-order valence-electron chi connectivity index (χ1n) is 13.4. The summed E-state index contributed by atoms with van der Waals surface area (Å²) in [4.78, 5) is 12.5. The van der Waals surface area contributed by atoms with Crippen LogP contribution in [0, 0.1) is 0 Å². The molecule has 3 heterocycles. The third-order valence-electron chi connectivity index (χ3n) is 7.64. The highest BCUT2D eigenvalue weighted by molar-refractivity contribution is 5.81. The Morgan fingerprint density at radius 3 is 2.00 bits per heavy atom. The van der Waals surface area contributed by atoms with Gasteiger partial charge in [-0.2, -0.15) is 0 Å². The molecule has 0 unspecified atom stereocenters. The van der Waals surface area contributed by atoms with Crippen LogP contribution in [0.2, 0.25) is 0 Å². The fraction of sp³-hybridized carbons (Fsp3) is 0.258. The molecular weight excluding hydrogens is 538 g/mol. The average molecular weight is 570 g/mol. The molecule has 11 nitrogen and oxygen atoms in total. The fourth-order valence-corrected chi connectivity index (χ4v) is 5.43. The van der Waals surface area contributed by atoms with Crippen molar-refractivity contribution < 1.29 is 29.2 Å². The van der Waals surface area contributed by atoms with E-state index in [1.54, 1.807) is 18.8 Å². The molecule has 3 aromatic carbocycles. The molecule has 1 aliphatic heterocycles. The molecular formula is C31H31N5O6. The van der Waals surface area contributed by atoms with Crippen LogP contribution in [-0.2, 0) is 15.1 Å². The SMILES string of the molecule is COc1ccc(C(OC[C@@H]2O[C@H](n3cnc4c(N)ncnc43)[C@@H](O)[C@H]2O)(c2ccccc2)c2ccc(OC)cc2)cc1. The molecule has 1 saturated heterocycles. The number of hydrogen-bond donors (Lipinski definition) is 3. The highest BCUT2D eigenvalue weighted by Gasteiger charge is 2.47. The standard InChI is InChI=1S/C31H31N5O6/c1-39-22-12-8-20(9-13-22)31(19-6-4-3-5-7-19,21-10-14-23(40-2)15-11-21)41-16-24-26(37)27(38)30(42-24)36-18-35-25-28(32)33-17-34-29(25)36/h3-15,17-18,24,26-27,30,37-38H,16H2,1-2H3,(H2,32,33,34)/t24-,26-,27-,30-/m0/s1. The molecule has 4 atom stereocenters. The van der Waals surface area contributed by atoms with Crippen LogP contribution in [0.15, 0.2) is 91.5 Å². The average Bonchev–Trinajstić information content (AvgIpc) is 3.59. The summed E-state index contributed by atoms with van der Waals surface area (Å²) in [7, 11) is 3.23. The minimum atomic E-state index is -1.28. The van der Waals surface area contributed by atoms with E-state index in [9.17, 15) is 10.2 Å². The first kappa shape index (κ1) is 27.6. The van der Waals surface area contributed by atoms with E-state index in [2.05, 4.69) is 15.0 Å². The molecule has 0 saturated carbocycles. The second-order valence-electron chi connectivity index (χ2n) is 9.94. The van der Waals surface area contributed by atoms with Crippen LogP contribution in [0.25, 0.3) is 11.2 Å². The number of aromatic nitrogens is 4. The molecule has 216 valence electrons. The van der Waals surface area contributed by atoms with E-state index in [1.165, 1.54) is 12.7 Å². The van der Waals surface area contributed by atoms with Gasteiger partial charge in [-0.25, -0.2) is 15.0 Å². The second kappa shape index (κ2) is 11.4. The van der Waals surface area contributed by atoms with Crippen LogP contribution in [0.4, 0.5) is 5.82 Å². The Morgan fingerprint density at radius 2 is 1.40 bits per heavy atom. The number of nitrogens with zero attached hydrogens (tertiary/aromatic N) is 4. The van der Waals surface area contributed by atoms with Crippen molar-refractivity contribution in [3.63, 3.8) is 0 Å². The number of aliphatic hydroxyl groups is 2. The van der Waals surface area contributed by atoms with E-state index in [1.807, 2.05) is 78.9 Å². The molecule has 5 aromatic rings. The summed E-state index contributed by atoms with van der Waals surface area (Å²) < 4.78 is 25.4. The number of imidazole rings is 1. The van der Waals surface area contributed by atoms with Crippen molar-refractivity contribution in [3.05, 3.63) is 108 Å².